The highest BCUT2D eigenvalue weighted by atomic mass is 16.2. The van der Waals surface area contributed by atoms with E-state index in [1.807, 2.05) is 36.4 Å². The number of rotatable bonds is 3. The van der Waals surface area contributed by atoms with Crippen LogP contribution in [0.15, 0.2) is 58.1 Å². The molecule has 1 aliphatic carbocycles. The van der Waals surface area contributed by atoms with Crippen LogP contribution in [0, 0.1) is 6.92 Å². The van der Waals surface area contributed by atoms with Gasteiger partial charge in [0.25, 0.3) is 5.56 Å². The van der Waals surface area contributed by atoms with Crippen LogP contribution in [0.3, 0.4) is 0 Å². The van der Waals surface area contributed by atoms with Crippen LogP contribution in [0.4, 0.5) is 0 Å². The third kappa shape index (κ3) is 3.00. The molecule has 134 valence electrons. The Balaban J connectivity index is 1.91. The summed E-state index contributed by atoms with van der Waals surface area (Å²) in [6.45, 7) is 2.53. The zero-order chi connectivity index (χ0) is 18.1. The second-order valence-electron chi connectivity index (χ2n) is 7.34. The molecule has 0 bridgehead atoms. The van der Waals surface area contributed by atoms with Crippen molar-refractivity contribution in [2.75, 3.05) is 0 Å². The molecule has 4 nitrogen and oxygen atoms in total. The second-order valence-corrected chi connectivity index (χ2v) is 7.34. The van der Waals surface area contributed by atoms with Crippen molar-refractivity contribution >= 4 is 10.9 Å². The van der Waals surface area contributed by atoms with Crippen molar-refractivity contribution in [2.24, 2.45) is 0 Å². The lowest BCUT2D eigenvalue weighted by Crippen LogP contribution is -2.43. The number of aromatic nitrogens is 2. The fourth-order valence-corrected chi connectivity index (χ4v) is 4.03. The molecule has 1 heterocycles. The first-order chi connectivity index (χ1) is 12.6. The highest BCUT2D eigenvalue weighted by Crippen LogP contribution is 2.26. The van der Waals surface area contributed by atoms with Crippen molar-refractivity contribution in [2.45, 2.75) is 51.6 Å². The largest absolute Gasteiger partial charge is 0.332 e. The summed E-state index contributed by atoms with van der Waals surface area (Å²) in [6, 6.07) is 15.7. The van der Waals surface area contributed by atoms with Crippen LogP contribution < -0.4 is 11.2 Å². The molecule has 0 amide bonds. The van der Waals surface area contributed by atoms with Gasteiger partial charge in [-0.05, 0) is 37.5 Å². The average Bonchev–Trinajstić information content (AvgIpc) is 2.68. The summed E-state index contributed by atoms with van der Waals surface area (Å²) in [6.07, 6.45) is 5.19. The van der Waals surface area contributed by atoms with Gasteiger partial charge < -0.3 is 0 Å². The Morgan fingerprint density at radius 1 is 0.923 bits per heavy atom. The molecule has 4 heteroatoms. The molecule has 0 spiro atoms. The summed E-state index contributed by atoms with van der Waals surface area (Å²) >= 11 is 0. The van der Waals surface area contributed by atoms with Crippen LogP contribution in [-0.4, -0.2) is 9.13 Å². The molecule has 0 saturated heterocycles. The number of benzene rings is 2. The van der Waals surface area contributed by atoms with Crippen LogP contribution in [0.25, 0.3) is 10.9 Å². The molecule has 3 aromatic rings. The molecule has 4 rings (SSSR count). The van der Waals surface area contributed by atoms with Gasteiger partial charge >= 0.3 is 5.69 Å². The van der Waals surface area contributed by atoms with Gasteiger partial charge in [0.05, 0.1) is 17.4 Å². The molecule has 26 heavy (non-hydrogen) atoms. The van der Waals surface area contributed by atoms with Gasteiger partial charge in [-0.25, -0.2) is 4.79 Å². The van der Waals surface area contributed by atoms with Crippen LogP contribution in [0.1, 0.15) is 49.3 Å². The van der Waals surface area contributed by atoms with Crippen molar-refractivity contribution in [3.63, 3.8) is 0 Å². The first-order valence-electron chi connectivity index (χ1n) is 9.45. The van der Waals surface area contributed by atoms with Crippen molar-refractivity contribution in [3.05, 3.63) is 80.5 Å². The predicted molar refractivity (Wildman–Crippen MR) is 105 cm³/mol. The zero-order valence-corrected chi connectivity index (χ0v) is 15.1. The monoisotopic (exact) mass is 348 g/mol. The predicted octanol–water partition coefficient (Wildman–Crippen LogP) is 4.03. The number of nitrogens with zero attached hydrogens (tertiary/aromatic N) is 2. The van der Waals surface area contributed by atoms with Gasteiger partial charge in [0.1, 0.15) is 0 Å². The van der Waals surface area contributed by atoms with E-state index in [2.05, 4.69) is 19.1 Å². The summed E-state index contributed by atoms with van der Waals surface area (Å²) in [5, 5.41) is 0.629. The van der Waals surface area contributed by atoms with E-state index < -0.39 is 0 Å². The lowest BCUT2D eigenvalue weighted by Gasteiger charge is -2.24. The van der Waals surface area contributed by atoms with Gasteiger partial charge in [0.15, 0.2) is 0 Å². The van der Waals surface area contributed by atoms with E-state index in [1.165, 1.54) is 16.6 Å². The highest BCUT2D eigenvalue weighted by Gasteiger charge is 2.22. The molecule has 1 fully saturated rings. The number of hydrogen-bond donors (Lipinski definition) is 0. The van der Waals surface area contributed by atoms with Gasteiger partial charge in [-0.15, -0.1) is 0 Å². The van der Waals surface area contributed by atoms with E-state index in [-0.39, 0.29) is 17.3 Å². The van der Waals surface area contributed by atoms with Crippen molar-refractivity contribution in [1.82, 2.24) is 9.13 Å². The number of fused-ring (bicyclic) bond motifs is 1. The molecule has 1 aromatic heterocycles. The maximum Gasteiger partial charge on any atom is 0.332 e. The van der Waals surface area contributed by atoms with Gasteiger partial charge in [-0.3, -0.25) is 13.9 Å². The van der Waals surface area contributed by atoms with E-state index in [0.29, 0.717) is 11.9 Å². The summed E-state index contributed by atoms with van der Waals surface area (Å²) in [7, 11) is 0. The van der Waals surface area contributed by atoms with Crippen LogP contribution in [0.5, 0.6) is 0 Å². The summed E-state index contributed by atoms with van der Waals surface area (Å²) in [5.74, 6) is 0. The molecule has 0 aliphatic heterocycles. The highest BCUT2D eigenvalue weighted by molar-refractivity contribution is 5.77. The molecule has 0 atom stereocenters. The van der Waals surface area contributed by atoms with E-state index in [9.17, 15) is 9.59 Å². The standard InChI is InChI=1S/C22H24N2O2/c1-16-11-13-17(14-12-16)15-23-20-10-6-5-9-19(20)21(25)24(22(23)26)18-7-3-2-4-8-18/h5-6,9-14,18H,2-4,7-8,15H2,1H3. The summed E-state index contributed by atoms with van der Waals surface area (Å²) < 4.78 is 3.28. The Morgan fingerprint density at radius 2 is 1.62 bits per heavy atom. The third-order valence-corrected chi connectivity index (χ3v) is 5.48. The molecule has 0 N–H and O–H groups in total. The molecule has 1 aliphatic rings. The Hall–Kier alpha value is -2.62. The minimum Gasteiger partial charge on any atom is -0.289 e. The SMILES string of the molecule is Cc1ccc(Cn2c(=O)n(C3CCCCC3)c(=O)c3ccccc32)cc1. The van der Waals surface area contributed by atoms with Crippen LogP contribution >= 0.6 is 0 Å². The Labute approximate surface area is 152 Å². The van der Waals surface area contributed by atoms with Crippen LogP contribution in [0.2, 0.25) is 0 Å². The van der Waals surface area contributed by atoms with Crippen molar-refractivity contribution in [3.8, 4) is 0 Å². The fraction of sp³-hybridized carbons (Fsp3) is 0.364. The molecule has 1 saturated carbocycles. The topological polar surface area (TPSA) is 44.0 Å². The minimum atomic E-state index is -0.179. The zero-order valence-electron chi connectivity index (χ0n) is 15.1. The smallest absolute Gasteiger partial charge is 0.289 e. The van der Waals surface area contributed by atoms with E-state index >= 15 is 0 Å². The van der Waals surface area contributed by atoms with E-state index in [0.717, 1.165) is 36.8 Å². The summed E-state index contributed by atoms with van der Waals surface area (Å²) in [4.78, 5) is 26.3. The molecule has 0 radical (unpaired) electrons. The lowest BCUT2D eigenvalue weighted by atomic mass is 9.95. The quantitative estimate of drug-likeness (QED) is 0.717. The van der Waals surface area contributed by atoms with E-state index in [4.69, 9.17) is 0 Å². The molecular weight excluding hydrogens is 324 g/mol. The Morgan fingerprint density at radius 3 is 2.35 bits per heavy atom. The second kappa shape index (κ2) is 6.94. The van der Waals surface area contributed by atoms with Crippen molar-refractivity contribution in [1.29, 1.82) is 0 Å². The van der Waals surface area contributed by atoms with Gasteiger partial charge in [0.2, 0.25) is 0 Å². The molecule has 2 aromatic carbocycles. The number of aryl methyl sites for hydroxylation is 1. The normalized spacial score (nSPS) is 15.4. The molecule has 0 unspecified atom stereocenters. The number of hydrogen-bond acceptors (Lipinski definition) is 2. The van der Waals surface area contributed by atoms with Gasteiger partial charge in [-0.1, -0.05) is 61.2 Å². The maximum atomic E-state index is 13.3. The fourth-order valence-electron chi connectivity index (χ4n) is 4.03. The third-order valence-electron chi connectivity index (χ3n) is 5.48. The molecular formula is C22H24N2O2. The van der Waals surface area contributed by atoms with E-state index in [1.54, 1.807) is 4.57 Å². The van der Waals surface area contributed by atoms with Crippen molar-refractivity contribution < 1.29 is 0 Å². The first kappa shape index (κ1) is 16.8. The van der Waals surface area contributed by atoms with Gasteiger partial charge in [-0.2, -0.15) is 0 Å². The summed E-state index contributed by atoms with van der Waals surface area (Å²) in [5.41, 5.74) is 2.66. The lowest BCUT2D eigenvalue weighted by molar-refractivity contribution is 0.333. The maximum absolute atomic E-state index is 13.3. The Kier molecular flexibility index (Phi) is 4.49. The average molecular weight is 348 g/mol. The van der Waals surface area contributed by atoms with Crippen LogP contribution in [-0.2, 0) is 6.54 Å². The first-order valence-corrected chi connectivity index (χ1v) is 9.45. The Bertz CT molecular complexity index is 1040. The van der Waals surface area contributed by atoms with Gasteiger partial charge in [0, 0.05) is 6.04 Å². The minimum absolute atomic E-state index is 0.0256. The number of para-hydroxylation sites is 1.